The van der Waals surface area contributed by atoms with Crippen LogP contribution in [0.4, 0.5) is 0 Å². The Morgan fingerprint density at radius 2 is 1.94 bits per heavy atom. The fourth-order valence-corrected chi connectivity index (χ4v) is 2.18. The lowest BCUT2D eigenvalue weighted by Crippen LogP contribution is -2.54. The first kappa shape index (κ1) is 16.7. The van der Waals surface area contributed by atoms with Gasteiger partial charge in [0.15, 0.2) is 9.84 Å². The number of hydrogen-bond acceptors (Lipinski definition) is 4. The lowest BCUT2D eigenvalue weighted by Gasteiger charge is -2.35. The highest BCUT2D eigenvalue weighted by molar-refractivity contribution is 7.92. The summed E-state index contributed by atoms with van der Waals surface area (Å²) < 4.78 is 21.7. The maximum Gasteiger partial charge on any atom is 0.243 e. The predicted octanol–water partition coefficient (Wildman–Crippen LogP) is 0.181. The van der Waals surface area contributed by atoms with Gasteiger partial charge in [0.2, 0.25) is 5.91 Å². The largest absolute Gasteiger partial charge is 0.340 e. The molecule has 1 heterocycles. The molecule has 0 saturated carbocycles. The van der Waals surface area contributed by atoms with Crippen LogP contribution in [0, 0.1) is 0 Å². The molecule has 0 aromatic rings. The predicted molar refractivity (Wildman–Crippen MR) is 70.0 cm³/mol. The molecule has 1 rings (SSSR count). The van der Waals surface area contributed by atoms with E-state index in [0.717, 1.165) is 19.1 Å². The summed E-state index contributed by atoms with van der Waals surface area (Å²) >= 11 is 0. The quantitative estimate of drug-likeness (QED) is 0.784. The van der Waals surface area contributed by atoms with E-state index in [4.69, 9.17) is 5.73 Å². The van der Waals surface area contributed by atoms with Crippen molar-refractivity contribution < 1.29 is 13.2 Å². The first-order chi connectivity index (χ1) is 7.16. The van der Waals surface area contributed by atoms with Crippen LogP contribution < -0.4 is 5.73 Å². The molecule has 0 spiro atoms. The van der Waals surface area contributed by atoms with Gasteiger partial charge in [-0.25, -0.2) is 8.42 Å². The SMILES string of the molecule is CC(C)(C(=O)N1CCC[C@@H](N)C1)S(C)(=O)=O.Cl. The number of rotatable bonds is 2. The van der Waals surface area contributed by atoms with Crippen LogP contribution in [0.1, 0.15) is 26.7 Å². The van der Waals surface area contributed by atoms with Gasteiger partial charge in [0.05, 0.1) is 0 Å². The van der Waals surface area contributed by atoms with Crippen molar-refractivity contribution in [3.8, 4) is 0 Å². The third-order valence-corrected chi connectivity index (χ3v) is 5.22. The molecule has 0 bridgehead atoms. The van der Waals surface area contributed by atoms with Gasteiger partial charge in [-0.1, -0.05) is 0 Å². The molecule has 1 fully saturated rings. The summed E-state index contributed by atoms with van der Waals surface area (Å²) in [4.78, 5) is 13.7. The minimum absolute atomic E-state index is 0. The van der Waals surface area contributed by atoms with E-state index in [0.29, 0.717) is 13.1 Å². The molecule has 1 atom stereocenters. The molecule has 1 aliphatic rings. The van der Waals surface area contributed by atoms with E-state index < -0.39 is 14.6 Å². The number of carbonyl (C=O) groups excluding carboxylic acids is 1. The Bertz CT molecular complexity index is 381. The van der Waals surface area contributed by atoms with Gasteiger partial charge < -0.3 is 10.6 Å². The summed E-state index contributed by atoms with van der Waals surface area (Å²) in [6.07, 6.45) is 2.82. The van der Waals surface area contributed by atoms with Crippen molar-refractivity contribution in [1.82, 2.24) is 4.90 Å². The number of piperidine rings is 1. The number of sulfone groups is 1. The standard InChI is InChI=1S/C10H20N2O3S.ClH/c1-10(2,16(3,14)15)9(13)12-6-4-5-8(11)7-12;/h8H,4-7,11H2,1-3H3;1H/t8-;/m1./s1. The third-order valence-electron chi connectivity index (χ3n) is 3.19. The van der Waals surface area contributed by atoms with Gasteiger partial charge in [-0.05, 0) is 26.7 Å². The molecule has 1 aliphatic heterocycles. The molecule has 0 radical (unpaired) electrons. The molecule has 5 nitrogen and oxygen atoms in total. The number of halogens is 1. The van der Waals surface area contributed by atoms with Crippen LogP contribution >= 0.6 is 12.4 Å². The molecule has 0 aromatic carbocycles. The summed E-state index contributed by atoms with van der Waals surface area (Å²) in [7, 11) is -3.40. The Morgan fingerprint density at radius 1 is 1.41 bits per heavy atom. The number of amides is 1. The smallest absolute Gasteiger partial charge is 0.243 e. The van der Waals surface area contributed by atoms with Gasteiger partial charge in [-0.3, -0.25) is 4.79 Å². The second-order valence-corrected chi connectivity index (χ2v) is 7.50. The molecule has 17 heavy (non-hydrogen) atoms. The van der Waals surface area contributed by atoms with Gasteiger partial charge in [-0.2, -0.15) is 0 Å². The summed E-state index contributed by atoms with van der Waals surface area (Å²) in [6.45, 7) is 3.96. The second kappa shape index (κ2) is 5.54. The Hall–Kier alpha value is -0.330. The zero-order valence-electron chi connectivity index (χ0n) is 10.5. The Kier molecular flexibility index (Phi) is 5.43. The van der Waals surface area contributed by atoms with Crippen molar-refractivity contribution in [2.45, 2.75) is 37.5 Å². The maximum absolute atomic E-state index is 12.1. The van der Waals surface area contributed by atoms with Gasteiger partial charge in [0.1, 0.15) is 4.75 Å². The maximum atomic E-state index is 12.1. The molecule has 1 amide bonds. The topological polar surface area (TPSA) is 80.5 Å². The van der Waals surface area contributed by atoms with Crippen molar-refractivity contribution in [3.63, 3.8) is 0 Å². The molecule has 0 unspecified atom stereocenters. The number of nitrogens with zero attached hydrogens (tertiary/aromatic N) is 1. The molecule has 0 aromatic heterocycles. The van der Waals surface area contributed by atoms with Crippen molar-refractivity contribution in [1.29, 1.82) is 0 Å². The van der Waals surface area contributed by atoms with Crippen LogP contribution in [0.25, 0.3) is 0 Å². The normalized spacial score (nSPS) is 21.9. The Balaban J connectivity index is 0.00000256. The molecule has 7 heteroatoms. The fourth-order valence-electron chi connectivity index (χ4n) is 1.73. The van der Waals surface area contributed by atoms with Crippen LogP contribution in [0.2, 0.25) is 0 Å². The summed E-state index contributed by atoms with van der Waals surface area (Å²) in [5.41, 5.74) is 5.77. The summed E-state index contributed by atoms with van der Waals surface area (Å²) in [5, 5.41) is 0. The van der Waals surface area contributed by atoms with E-state index >= 15 is 0 Å². The zero-order valence-corrected chi connectivity index (χ0v) is 12.1. The van der Waals surface area contributed by atoms with Gasteiger partial charge in [-0.15, -0.1) is 12.4 Å². The van der Waals surface area contributed by atoms with Crippen LogP contribution in [-0.4, -0.2) is 49.4 Å². The number of likely N-dealkylation sites (tertiary alicyclic amines) is 1. The van der Waals surface area contributed by atoms with Crippen LogP contribution in [0.3, 0.4) is 0 Å². The highest BCUT2D eigenvalue weighted by Gasteiger charge is 2.42. The minimum Gasteiger partial charge on any atom is -0.340 e. The molecule has 102 valence electrons. The van der Waals surface area contributed by atoms with Crippen LogP contribution in [0.5, 0.6) is 0 Å². The number of hydrogen-bond donors (Lipinski definition) is 1. The summed E-state index contributed by atoms with van der Waals surface area (Å²) in [6, 6.07) is -0.0342. The van der Waals surface area contributed by atoms with Crippen LogP contribution in [-0.2, 0) is 14.6 Å². The molecular weight excluding hydrogens is 264 g/mol. The lowest BCUT2D eigenvalue weighted by atomic mass is 10.0. The van der Waals surface area contributed by atoms with Gasteiger partial charge in [0, 0.05) is 25.4 Å². The number of carbonyl (C=O) groups is 1. The number of nitrogens with two attached hydrogens (primary N) is 1. The molecular formula is C10H21ClN2O3S. The third kappa shape index (κ3) is 3.56. The second-order valence-electron chi connectivity index (χ2n) is 4.94. The van der Waals surface area contributed by atoms with E-state index in [9.17, 15) is 13.2 Å². The van der Waals surface area contributed by atoms with Gasteiger partial charge >= 0.3 is 0 Å². The van der Waals surface area contributed by atoms with E-state index in [2.05, 4.69) is 0 Å². The van der Waals surface area contributed by atoms with Crippen LogP contribution in [0.15, 0.2) is 0 Å². The van der Waals surface area contributed by atoms with Crippen molar-refractivity contribution in [2.75, 3.05) is 19.3 Å². The molecule has 2 N–H and O–H groups in total. The summed E-state index contributed by atoms with van der Waals surface area (Å²) in [5.74, 6) is -0.342. The Labute approximate surface area is 109 Å². The van der Waals surface area contributed by atoms with E-state index in [-0.39, 0.29) is 24.4 Å². The first-order valence-electron chi connectivity index (χ1n) is 5.41. The highest BCUT2D eigenvalue weighted by Crippen LogP contribution is 2.21. The van der Waals surface area contributed by atoms with Crippen molar-refractivity contribution in [3.05, 3.63) is 0 Å². The molecule has 1 saturated heterocycles. The van der Waals surface area contributed by atoms with Crippen molar-refractivity contribution >= 4 is 28.2 Å². The molecule has 0 aliphatic carbocycles. The minimum atomic E-state index is -3.40. The highest BCUT2D eigenvalue weighted by atomic mass is 35.5. The average Bonchev–Trinajstić information content (AvgIpc) is 2.14. The zero-order chi connectivity index (χ0) is 12.6. The monoisotopic (exact) mass is 284 g/mol. The van der Waals surface area contributed by atoms with E-state index in [1.54, 1.807) is 4.90 Å². The van der Waals surface area contributed by atoms with E-state index in [1.165, 1.54) is 13.8 Å². The van der Waals surface area contributed by atoms with Gasteiger partial charge in [0.25, 0.3) is 0 Å². The van der Waals surface area contributed by atoms with Crippen molar-refractivity contribution in [2.24, 2.45) is 5.73 Å². The first-order valence-corrected chi connectivity index (χ1v) is 7.30. The Morgan fingerprint density at radius 3 is 2.35 bits per heavy atom. The lowest BCUT2D eigenvalue weighted by molar-refractivity contribution is -0.134. The average molecular weight is 285 g/mol. The van der Waals surface area contributed by atoms with E-state index in [1.807, 2.05) is 0 Å². The fraction of sp³-hybridized carbons (Fsp3) is 0.900.